The number of hydrogen-bond acceptors (Lipinski definition) is 12. The Balaban J connectivity index is 0. The Morgan fingerprint density at radius 3 is 0.742 bits per heavy atom. The molecule has 4 aliphatic heterocycles. The maximum Gasteiger partial charge on any atom is 0.343 e. The highest BCUT2D eigenvalue weighted by Gasteiger charge is 2.42. The zero-order valence-electron chi connectivity index (χ0n) is 30.8. The van der Waals surface area contributed by atoms with E-state index in [4.69, 9.17) is 47.4 Å². The summed E-state index contributed by atoms with van der Waals surface area (Å²) in [5, 5.41) is 0. The quantitative estimate of drug-likeness (QED) is 0.0601. The van der Waals surface area contributed by atoms with E-state index in [2.05, 4.69) is 0 Å². The monoisotopic (exact) mass is 869 g/mol. The van der Waals surface area contributed by atoms with Gasteiger partial charge in [-0.15, -0.1) is 0 Å². The van der Waals surface area contributed by atoms with Crippen molar-refractivity contribution in [2.45, 2.75) is 110 Å². The van der Waals surface area contributed by atoms with Gasteiger partial charge >= 0.3 is 11.9 Å². The molecule has 4 atom stereocenters. The minimum atomic E-state index is -0.424. The molecule has 62 heavy (non-hydrogen) atoms. The highest BCUT2D eigenvalue weighted by molar-refractivity contribution is 5.91. The molecular weight excluding hydrogens is 793 g/mol. The van der Waals surface area contributed by atoms with Crippen LogP contribution in [0.15, 0.2) is 97.1 Å². The minimum absolute atomic E-state index is 0. The molecule has 0 bridgehead atoms. The van der Waals surface area contributed by atoms with Gasteiger partial charge in [0, 0.05) is 0 Å². The zero-order valence-corrected chi connectivity index (χ0v) is 30.8. The van der Waals surface area contributed by atoms with Crippen LogP contribution in [-0.4, -0.2) is 87.2 Å². The molecule has 12 heteroatoms. The molecule has 4 fully saturated rings. The number of ether oxygens (including phenoxy) is 10. The predicted octanol–water partition coefficient (Wildman–Crippen LogP) is 11.6. The summed E-state index contributed by atoms with van der Waals surface area (Å²) < 4.78 is 54.5. The Morgan fingerprint density at radius 2 is 0.548 bits per heavy atom. The molecule has 4 aliphatic rings. The highest BCUT2D eigenvalue weighted by atomic mass is 16.6. The second-order valence-corrected chi connectivity index (χ2v) is 14.9. The fourth-order valence-electron chi connectivity index (χ4n) is 4.68. The molecule has 348 valence electrons. The number of benzene rings is 4. The van der Waals surface area contributed by atoms with Crippen LogP contribution in [0.3, 0.4) is 0 Å². The number of rotatable bonds is 16. The smallest absolute Gasteiger partial charge is 0.343 e. The Hall–Kier alpha value is -5.14. The van der Waals surface area contributed by atoms with Crippen molar-refractivity contribution in [2.24, 2.45) is 0 Å². The largest absolute Gasteiger partial charge is 0.491 e. The van der Waals surface area contributed by atoms with E-state index in [0.717, 1.165) is 13.2 Å². The molecule has 4 aromatic rings. The fourth-order valence-corrected chi connectivity index (χ4v) is 4.68. The lowest BCUT2D eigenvalue weighted by atomic mass is 10.2. The summed E-state index contributed by atoms with van der Waals surface area (Å²) in [6, 6.07) is 27.6. The molecule has 12 nitrogen and oxygen atoms in total. The average molecular weight is 869 g/mol. The lowest BCUT2D eigenvalue weighted by Crippen LogP contribution is -2.17. The second-order valence-electron chi connectivity index (χ2n) is 14.9. The van der Waals surface area contributed by atoms with Gasteiger partial charge in [-0.25, -0.2) is 9.59 Å². The Bertz CT molecular complexity index is 1750. The van der Waals surface area contributed by atoms with Crippen LogP contribution in [0.25, 0.3) is 0 Å². The van der Waals surface area contributed by atoms with E-state index in [1.807, 2.05) is 27.7 Å². The van der Waals surface area contributed by atoms with E-state index in [1.165, 1.54) is 0 Å². The zero-order chi connectivity index (χ0) is 37.8. The van der Waals surface area contributed by atoms with Crippen molar-refractivity contribution in [3.8, 4) is 34.5 Å². The van der Waals surface area contributed by atoms with Crippen molar-refractivity contribution in [2.75, 3.05) is 52.9 Å². The van der Waals surface area contributed by atoms with Crippen LogP contribution in [0.2, 0.25) is 0 Å². The van der Waals surface area contributed by atoms with Gasteiger partial charge in [-0.1, -0.05) is 59.4 Å². The van der Waals surface area contributed by atoms with E-state index in [9.17, 15) is 9.59 Å². The van der Waals surface area contributed by atoms with Gasteiger partial charge in [0.05, 0.1) is 37.6 Å². The molecule has 8 rings (SSSR count). The molecule has 0 aromatic heterocycles. The fraction of sp³-hybridized carbons (Fsp3) is 0.480. The SMILES string of the molecule is C.C.C.C.C.C.C.C.CC1(COc2ccc(OC(=O)c3ccc(OCC4(C)CO4)cc3)cc2)CO1.CC1(COc2ccc(OC(=O)c3ccc(OCC4(C)CO4)cc3)cc2)CO1. The van der Waals surface area contributed by atoms with Gasteiger partial charge in [-0.2, -0.15) is 0 Å². The third kappa shape index (κ3) is 17.7. The molecule has 0 N–H and O–H groups in total. The molecule has 4 saturated heterocycles. The van der Waals surface area contributed by atoms with Crippen molar-refractivity contribution >= 4 is 11.9 Å². The van der Waals surface area contributed by atoms with E-state index in [-0.39, 0.29) is 81.8 Å². The first kappa shape index (κ1) is 59.0. The van der Waals surface area contributed by atoms with E-state index < -0.39 is 11.9 Å². The summed E-state index contributed by atoms with van der Waals surface area (Å²) in [6.45, 7) is 12.9. The summed E-state index contributed by atoms with van der Waals surface area (Å²) in [5.74, 6) is 2.87. The number of hydrogen-bond donors (Lipinski definition) is 0. The highest BCUT2D eigenvalue weighted by Crippen LogP contribution is 2.30. The van der Waals surface area contributed by atoms with Gasteiger partial charge in [0.25, 0.3) is 0 Å². The van der Waals surface area contributed by atoms with E-state index in [1.54, 1.807) is 97.1 Å². The molecule has 4 heterocycles. The first-order valence-electron chi connectivity index (χ1n) is 17.8. The summed E-state index contributed by atoms with van der Waals surface area (Å²) in [5.41, 5.74) is 0.244. The van der Waals surface area contributed by atoms with Crippen LogP contribution in [0.1, 0.15) is 108 Å². The van der Waals surface area contributed by atoms with Gasteiger partial charge in [0.15, 0.2) is 0 Å². The maximum atomic E-state index is 12.3. The lowest BCUT2D eigenvalue weighted by Gasteiger charge is -2.10. The van der Waals surface area contributed by atoms with Crippen molar-refractivity contribution < 1.29 is 57.0 Å². The molecule has 0 aliphatic carbocycles. The van der Waals surface area contributed by atoms with Gasteiger partial charge in [-0.05, 0) is 125 Å². The summed E-state index contributed by atoms with van der Waals surface area (Å²) in [7, 11) is 0. The van der Waals surface area contributed by atoms with Crippen molar-refractivity contribution in [1.29, 1.82) is 0 Å². The molecule has 4 unspecified atom stereocenters. The summed E-state index contributed by atoms with van der Waals surface area (Å²) >= 11 is 0. The molecule has 0 radical (unpaired) electrons. The van der Waals surface area contributed by atoms with Gasteiger partial charge in [-0.3, -0.25) is 0 Å². The van der Waals surface area contributed by atoms with Crippen LogP contribution in [0.4, 0.5) is 0 Å². The minimum Gasteiger partial charge on any atom is -0.491 e. The standard InChI is InChI=1S/2C21H22O6.8CH4/c2*1-20(13-25-20)11-23-16-5-3-15(4-6-16)19(22)27-18-9-7-17(8-10-18)24-12-21(2)14-26-21;;;;;;;;/h2*3-10H,11-14H2,1-2H3;8*1H4. The van der Waals surface area contributed by atoms with Gasteiger partial charge in [0.1, 0.15) is 83.3 Å². The third-order valence-electron chi connectivity index (χ3n) is 8.97. The predicted molar refractivity (Wildman–Crippen MR) is 249 cm³/mol. The number of carbonyl (C=O) groups is 2. The first-order chi connectivity index (χ1) is 25.9. The van der Waals surface area contributed by atoms with Crippen LogP contribution in [-0.2, 0) is 18.9 Å². The van der Waals surface area contributed by atoms with Gasteiger partial charge < -0.3 is 47.4 Å². The normalized spacial score (nSPS) is 22.3. The van der Waals surface area contributed by atoms with Crippen molar-refractivity contribution in [1.82, 2.24) is 0 Å². The molecule has 0 amide bonds. The number of epoxide rings is 4. The Kier molecular flexibility index (Phi) is 23.3. The van der Waals surface area contributed by atoms with Gasteiger partial charge in [0.2, 0.25) is 0 Å². The molecule has 4 aromatic carbocycles. The topological polar surface area (TPSA) is 140 Å². The molecular formula is C50H76O12. The number of esters is 2. The first-order valence-corrected chi connectivity index (χ1v) is 17.8. The van der Waals surface area contributed by atoms with Crippen LogP contribution < -0.4 is 28.4 Å². The maximum absolute atomic E-state index is 12.3. The molecule has 0 saturated carbocycles. The van der Waals surface area contributed by atoms with Crippen molar-refractivity contribution in [3.05, 3.63) is 108 Å². The Morgan fingerprint density at radius 1 is 0.371 bits per heavy atom. The molecule has 0 spiro atoms. The van der Waals surface area contributed by atoms with E-state index in [0.29, 0.717) is 85.3 Å². The summed E-state index contributed by atoms with van der Waals surface area (Å²) in [6.07, 6.45) is 0. The van der Waals surface area contributed by atoms with Crippen LogP contribution in [0, 0.1) is 0 Å². The van der Waals surface area contributed by atoms with E-state index >= 15 is 0 Å². The lowest BCUT2D eigenvalue weighted by molar-refractivity contribution is 0.0725. The number of carbonyl (C=O) groups excluding carboxylic acids is 2. The second kappa shape index (κ2) is 24.5. The average Bonchev–Trinajstić information content (AvgIpc) is 4.03. The van der Waals surface area contributed by atoms with Crippen LogP contribution >= 0.6 is 0 Å². The van der Waals surface area contributed by atoms with Crippen LogP contribution in [0.5, 0.6) is 34.5 Å². The third-order valence-corrected chi connectivity index (χ3v) is 8.97. The summed E-state index contributed by atoms with van der Waals surface area (Å²) in [4.78, 5) is 24.5. The Labute approximate surface area is 373 Å². The van der Waals surface area contributed by atoms with Crippen molar-refractivity contribution in [3.63, 3.8) is 0 Å².